The molecule has 0 unspecified atom stereocenters. The maximum absolute atomic E-state index is 13.8. The van der Waals surface area contributed by atoms with Crippen molar-refractivity contribution in [3.63, 3.8) is 0 Å². The number of esters is 1. The standard InChI is InChI=1S/C17H10F2N4O3S/c1-26-15(25)8-2-4-10-12(6-8)21-17-23(14(10)24)22-16(27-17)20-13-7-9(18)3-5-11(13)19/h2-7H,1H3,(H,20,22). The quantitative estimate of drug-likeness (QED) is 0.543. The van der Waals surface area contributed by atoms with Gasteiger partial charge >= 0.3 is 5.97 Å². The van der Waals surface area contributed by atoms with Crippen molar-refractivity contribution >= 4 is 44.0 Å². The Morgan fingerprint density at radius 1 is 1.22 bits per heavy atom. The van der Waals surface area contributed by atoms with E-state index in [1.807, 2.05) is 0 Å². The van der Waals surface area contributed by atoms with Crippen LogP contribution >= 0.6 is 11.3 Å². The molecule has 1 N–H and O–H groups in total. The predicted molar refractivity (Wildman–Crippen MR) is 95.6 cm³/mol. The minimum absolute atomic E-state index is 0.111. The molecule has 0 fully saturated rings. The van der Waals surface area contributed by atoms with E-state index in [1.165, 1.54) is 25.3 Å². The van der Waals surface area contributed by atoms with Gasteiger partial charge in [-0.1, -0.05) is 11.3 Å². The molecule has 2 aromatic carbocycles. The molecule has 0 aliphatic heterocycles. The predicted octanol–water partition coefficient (Wildman–Crippen LogP) is 3.11. The third kappa shape index (κ3) is 2.99. The monoisotopic (exact) mass is 388 g/mol. The number of fused-ring (bicyclic) bond motifs is 2. The summed E-state index contributed by atoms with van der Waals surface area (Å²) >= 11 is 0.980. The van der Waals surface area contributed by atoms with E-state index in [0.717, 1.165) is 34.1 Å². The van der Waals surface area contributed by atoms with Crippen LogP contribution in [0.1, 0.15) is 10.4 Å². The van der Waals surface area contributed by atoms with E-state index in [2.05, 4.69) is 20.1 Å². The molecule has 0 saturated heterocycles. The van der Waals surface area contributed by atoms with Gasteiger partial charge in [0.1, 0.15) is 11.6 Å². The Morgan fingerprint density at radius 2 is 2.04 bits per heavy atom. The van der Waals surface area contributed by atoms with E-state index in [4.69, 9.17) is 0 Å². The molecule has 0 bridgehead atoms. The number of rotatable bonds is 3. The fraction of sp³-hybridized carbons (Fsp3) is 0.0588. The molecule has 0 saturated carbocycles. The number of methoxy groups -OCH3 is 1. The van der Waals surface area contributed by atoms with Crippen LogP contribution in [0.25, 0.3) is 15.9 Å². The normalized spacial score (nSPS) is 11.1. The summed E-state index contributed by atoms with van der Waals surface area (Å²) < 4.78 is 32.8. The summed E-state index contributed by atoms with van der Waals surface area (Å²) in [5, 5.41) is 7.13. The number of hydrogen-bond donors (Lipinski definition) is 1. The number of aromatic nitrogens is 3. The zero-order valence-electron chi connectivity index (χ0n) is 13.7. The summed E-state index contributed by atoms with van der Waals surface area (Å²) in [6.07, 6.45) is 0. The number of nitrogens with zero attached hydrogens (tertiary/aromatic N) is 3. The van der Waals surface area contributed by atoms with Crippen LogP contribution in [0.5, 0.6) is 0 Å². The first kappa shape index (κ1) is 17.0. The minimum Gasteiger partial charge on any atom is -0.465 e. The Balaban J connectivity index is 1.82. The van der Waals surface area contributed by atoms with Gasteiger partial charge in [-0.2, -0.15) is 4.52 Å². The number of ether oxygens (including phenoxy) is 1. The number of benzene rings is 2. The number of carbonyl (C=O) groups excluding carboxylic acids is 1. The summed E-state index contributed by atoms with van der Waals surface area (Å²) in [7, 11) is 1.25. The molecule has 0 amide bonds. The molecule has 4 rings (SSSR count). The number of carbonyl (C=O) groups is 1. The van der Waals surface area contributed by atoms with Gasteiger partial charge in [0.25, 0.3) is 5.56 Å². The van der Waals surface area contributed by atoms with Gasteiger partial charge in [0.15, 0.2) is 0 Å². The Bertz CT molecular complexity index is 1270. The first-order valence-corrected chi connectivity index (χ1v) is 8.42. The van der Waals surface area contributed by atoms with E-state index in [1.54, 1.807) is 0 Å². The van der Waals surface area contributed by atoms with E-state index in [0.29, 0.717) is 5.52 Å². The Labute approximate surface area is 153 Å². The maximum Gasteiger partial charge on any atom is 0.337 e. The second kappa shape index (κ2) is 6.40. The molecule has 0 radical (unpaired) electrons. The first-order valence-electron chi connectivity index (χ1n) is 7.60. The van der Waals surface area contributed by atoms with Gasteiger partial charge in [-0.05, 0) is 30.3 Å². The number of halogens is 2. The zero-order chi connectivity index (χ0) is 19.1. The Morgan fingerprint density at radius 3 is 2.81 bits per heavy atom. The maximum atomic E-state index is 13.8. The van der Waals surface area contributed by atoms with Gasteiger partial charge in [-0.3, -0.25) is 4.79 Å². The lowest BCUT2D eigenvalue weighted by Crippen LogP contribution is -2.15. The van der Waals surface area contributed by atoms with E-state index in [9.17, 15) is 18.4 Å². The van der Waals surface area contributed by atoms with Crippen molar-refractivity contribution < 1.29 is 18.3 Å². The molecular weight excluding hydrogens is 378 g/mol. The molecule has 10 heteroatoms. The molecule has 0 aliphatic rings. The zero-order valence-corrected chi connectivity index (χ0v) is 14.5. The Hall–Kier alpha value is -3.40. The molecule has 2 heterocycles. The molecule has 7 nitrogen and oxygen atoms in total. The van der Waals surface area contributed by atoms with Crippen LogP contribution in [0, 0.1) is 11.6 Å². The molecule has 4 aromatic rings. The summed E-state index contributed by atoms with van der Waals surface area (Å²) in [6, 6.07) is 7.33. The second-order valence-electron chi connectivity index (χ2n) is 5.49. The van der Waals surface area contributed by atoms with Crippen molar-refractivity contribution in [2.75, 3.05) is 12.4 Å². The van der Waals surface area contributed by atoms with Crippen molar-refractivity contribution in [2.45, 2.75) is 0 Å². The average molecular weight is 388 g/mol. The minimum atomic E-state index is -0.663. The summed E-state index contributed by atoms with van der Waals surface area (Å²) in [5.74, 6) is -1.83. The van der Waals surface area contributed by atoms with Crippen molar-refractivity contribution in [3.8, 4) is 0 Å². The van der Waals surface area contributed by atoms with Crippen LogP contribution in [0.2, 0.25) is 0 Å². The molecule has 0 atom stereocenters. The average Bonchev–Trinajstić information content (AvgIpc) is 3.06. The van der Waals surface area contributed by atoms with E-state index >= 15 is 0 Å². The second-order valence-corrected chi connectivity index (χ2v) is 6.45. The Kier molecular flexibility index (Phi) is 4.04. The lowest BCUT2D eigenvalue weighted by atomic mass is 10.1. The third-order valence-corrected chi connectivity index (χ3v) is 4.61. The third-order valence-electron chi connectivity index (χ3n) is 3.79. The van der Waals surface area contributed by atoms with Crippen molar-refractivity contribution in [2.24, 2.45) is 0 Å². The van der Waals surface area contributed by atoms with Gasteiger partial charge in [0.05, 0.1) is 29.3 Å². The largest absolute Gasteiger partial charge is 0.465 e. The van der Waals surface area contributed by atoms with Gasteiger partial charge in [-0.15, -0.1) is 5.10 Å². The van der Waals surface area contributed by atoms with Crippen molar-refractivity contribution in [3.05, 3.63) is 63.9 Å². The van der Waals surface area contributed by atoms with Crippen LogP contribution < -0.4 is 10.9 Å². The SMILES string of the molecule is COC(=O)c1ccc2c(=O)n3nc(Nc4cc(F)ccc4F)sc3nc2c1. The molecule has 2 aromatic heterocycles. The van der Waals surface area contributed by atoms with Gasteiger partial charge in [0.2, 0.25) is 10.1 Å². The van der Waals surface area contributed by atoms with Crippen LogP contribution in [0.4, 0.5) is 19.6 Å². The van der Waals surface area contributed by atoms with Crippen LogP contribution in [-0.4, -0.2) is 27.7 Å². The highest BCUT2D eigenvalue weighted by molar-refractivity contribution is 7.20. The van der Waals surface area contributed by atoms with Crippen molar-refractivity contribution in [1.82, 2.24) is 14.6 Å². The number of nitrogens with one attached hydrogen (secondary N) is 1. The molecule has 0 aliphatic carbocycles. The fourth-order valence-corrected chi connectivity index (χ4v) is 3.32. The van der Waals surface area contributed by atoms with E-state index in [-0.39, 0.29) is 26.7 Å². The molecule has 0 spiro atoms. The van der Waals surface area contributed by atoms with Crippen LogP contribution in [0.3, 0.4) is 0 Å². The fourth-order valence-electron chi connectivity index (χ4n) is 2.51. The van der Waals surface area contributed by atoms with Crippen LogP contribution in [-0.2, 0) is 4.74 Å². The van der Waals surface area contributed by atoms with Crippen molar-refractivity contribution in [1.29, 1.82) is 0 Å². The lowest BCUT2D eigenvalue weighted by molar-refractivity contribution is 0.0601. The van der Waals surface area contributed by atoms with Gasteiger partial charge in [-0.25, -0.2) is 18.6 Å². The highest BCUT2D eigenvalue weighted by atomic mass is 32.1. The summed E-state index contributed by atoms with van der Waals surface area (Å²) in [4.78, 5) is 28.8. The molecular formula is C17H10F2N4O3S. The number of hydrogen-bond acceptors (Lipinski definition) is 7. The highest BCUT2D eigenvalue weighted by Gasteiger charge is 2.14. The summed E-state index contributed by atoms with van der Waals surface area (Å²) in [5.41, 5.74) is -0.00366. The highest BCUT2D eigenvalue weighted by Crippen LogP contribution is 2.25. The van der Waals surface area contributed by atoms with Gasteiger partial charge < -0.3 is 10.1 Å². The number of anilines is 2. The molecule has 136 valence electrons. The summed E-state index contributed by atoms with van der Waals surface area (Å²) in [6.45, 7) is 0. The van der Waals surface area contributed by atoms with E-state index < -0.39 is 23.2 Å². The lowest BCUT2D eigenvalue weighted by Gasteiger charge is -2.02. The topological polar surface area (TPSA) is 85.6 Å². The van der Waals surface area contributed by atoms with Gasteiger partial charge in [0, 0.05) is 6.07 Å². The van der Waals surface area contributed by atoms with Crippen LogP contribution in [0.15, 0.2) is 41.2 Å². The molecule has 27 heavy (non-hydrogen) atoms. The smallest absolute Gasteiger partial charge is 0.337 e. The first-order chi connectivity index (χ1) is 13.0.